The molecule has 9 heteroatoms. The fraction of sp³-hybridized carbons (Fsp3) is 0.517. The van der Waals surface area contributed by atoms with E-state index in [1.807, 2.05) is 70.3 Å². The second-order valence-corrected chi connectivity index (χ2v) is 11.7. The number of likely N-dealkylation sites (tertiary alicyclic amines) is 1. The highest BCUT2D eigenvalue weighted by Gasteiger charge is 2.45. The highest BCUT2D eigenvalue weighted by molar-refractivity contribution is 5.91. The van der Waals surface area contributed by atoms with Crippen LogP contribution in [-0.4, -0.2) is 62.6 Å². The number of nitrogens with one attached hydrogen (secondary N) is 1. The molecule has 0 spiro atoms. The summed E-state index contributed by atoms with van der Waals surface area (Å²) < 4.78 is 7.23. The molecule has 1 aromatic heterocycles. The normalized spacial score (nSPS) is 21.4. The van der Waals surface area contributed by atoms with Crippen LogP contribution < -0.4 is 10.1 Å². The van der Waals surface area contributed by atoms with E-state index >= 15 is 0 Å². The van der Waals surface area contributed by atoms with Gasteiger partial charge in [0.15, 0.2) is 0 Å². The number of rotatable bonds is 7. The van der Waals surface area contributed by atoms with Gasteiger partial charge in [-0.1, -0.05) is 50.3 Å². The first-order valence-electron chi connectivity index (χ1n) is 13.3. The quantitative estimate of drug-likeness (QED) is 0.492. The van der Waals surface area contributed by atoms with E-state index in [2.05, 4.69) is 15.6 Å². The molecule has 38 heavy (non-hydrogen) atoms. The number of fused-ring (bicyclic) bond motifs is 1. The average Bonchev–Trinajstić information content (AvgIpc) is 3.48. The molecule has 0 bridgehead atoms. The second-order valence-electron chi connectivity index (χ2n) is 11.7. The van der Waals surface area contributed by atoms with Crippen LogP contribution in [0.3, 0.4) is 0 Å². The molecule has 2 heterocycles. The maximum atomic E-state index is 14.0. The van der Waals surface area contributed by atoms with Gasteiger partial charge in [-0.2, -0.15) is 0 Å². The highest BCUT2D eigenvalue weighted by Crippen LogP contribution is 2.40. The summed E-state index contributed by atoms with van der Waals surface area (Å²) in [5.41, 5.74) is 1.32. The van der Waals surface area contributed by atoms with Gasteiger partial charge in [0, 0.05) is 30.5 Å². The lowest BCUT2D eigenvalue weighted by Crippen LogP contribution is -2.50. The van der Waals surface area contributed by atoms with Gasteiger partial charge in [0.25, 0.3) is 0 Å². The topological polar surface area (TPSA) is 110 Å². The molecule has 4 atom stereocenters. The Balaban J connectivity index is 1.37. The first kappa shape index (κ1) is 26.2. The zero-order valence-corrected chi connectivity index (χ0v) is 22.7. The minimum absolute atomic E-state index is 0.103. The lowest BCUT2D eigenvalue weighted by Gasteiger charge is -2.34. The number of carbonyl (C=O) groups excluding carboxylic acids is 2. The monoisotopic (exact) mass is 519 g/mol. The summed E-state index contributed by atoms with van der Waals surface area (Å²) in [5.74, 6) is 0.626. The Bertz CT molecular complexity index is 1340. The predicted molar refractivity (Wildman–Crippen MR) is 144 cm³/mol. The number of hydrogen-bond acceptors (Lipinski definition) is 6. The van der Waals surface area contributed by atoms with Crippen molar-refractivity contribution in [3.63, 3.8) is 0 Å². The molecular weight excluding hydrogens is 482 g/mol. The van der Waals surface area contributed by atoms with Gasteiger partial charge in [-0.3, -0.25) is 9.59 Å². The Morgan fingerprint density at radius 2 is 1.92 bits per heavy atom. The molecule has 0 radical (unpaired) electrons. The fourth-order valence-electron chi connectivity index (χ4n) is 5.44. The van der Waals surface area contributed by atoms with E-state index in [4.69, 9.17) is 4.74 Å². The third-order valence-electron chi connectivity index (χ3n) is 7.63. The lowest BCUT2D eigenvalue weighted by molar-refractivity contribution is -0.144. The van der Waals surface area contributed by atoms with Gasteiger partial charge in [0.2, 0.25) is 11.8 Å². The molecule has 9 nitrogen and oxygen atoms in total. The lowest BCUT2D eigenvalue weighted by atomic mass is 9.85. The van der Waals surface area contributed by atoms with Gasteiger partial charge in [-0.05, 0) is 48.3 Å². The van der Waals surface area contributed by atoms with Gasteiger partial charge in [0.05, 0.1) is 24.9 Å². The summed E-state index contributed by atoms with van der Waals surface area (Å²) in [6.45, 7) is 7.94. The van der Waals surface area contributed by atoms with Crippen LogP contribution in [0.5, 0.6) is 5.75 Å². The third-order valence-corrected chi connectivity index (χ3v) is 7.63. The number of hydrogen-bond donors (Lipinski definition) is 2. The van der Waals surface area contributed by atoms with E-state index in [9.17, 15) is 14.7 Å². The Hall–Kier alpha value is -3.46. The Labute approximate surface area is 223 Å². The molecule has 202 valence electrons. The van der Waals surface area contributed by atoms with Crippen LogP contribution in [0.2, 0.25) is 0 Å². The van der Waals surface area contributed by atoms with E-state index in [1.165, 1.54) is 4.90 Å². The molecule has 2 aromatic carbocycles. The maximum absolute atomic E-state index is 14.0. The van der Waals surface area contributed by atoms with Gasteiger partial charge >= 0.3 is 0 Å². The zero-order valence-electron chi connectivity index (χ0n) is 22.7. The number of carbonyl (C=O) groups is 2. The standard InChI is InChI=1S/C29H37N5O4/c1-17(20-12-19-8-6-7-9-22(19)25(13-20)38-5)30-27(36)24-14-21(35)15-33(24)28(37)26(29(2,3)4)34-16-23(31-32-34)18-10-11-18/h6-9,12-13,16-18,21,24,26,35H,10-11,14-15H2,1-5H3,(H,30,36)/t17?,21?,24?,26-/m1/s1. The van der Waals surface area contributed by atoms with Crippen molar-refractivity contribution < 1.29 is 19.4 Å². The van der Waals surface area contributed by atoms with Crippen LogP contribution in [0.25, 0.3) is 10.8 Å². The average molecular weight is 520 g/mol. The summed E-state index contributed by atoms with van der Waals surface area (Å²) in [4.78, 5) is 29.0. The van der Waals surface area contributed by atoms with Gasteiger partial charge in [0.1, 0.15) is 17.8 Å². The third kappa shape index (κ3) is 5.12. The second kappa shape index (κ2) is 10.0. The molecule has 2 aliphatic rings. The van der Waals surface area contributed by atoms with E-state index in [0.29, 0.717) is 5.92 Å². The van der Waals surface area contributed by atoms with E-state index in [0.717, 1.165) is 40.6 Å². The summed E-state index contributed by atoms with van der Waals surface area (Å²) in [6.07, 6.45) is 3.46. The number of benzene rings is 2. The highest BCUT2D eigenvalue weighted by atomic mass is 16.5. The van der Waals surface area contributed by atoms with Crippen molar-refractivity contribution in [2.45, 2.75) is 77.1 Å². The number of β-amino-alcohol motifs (C(OH)–C–C–N with tert-alkyl or cyclic N) is 1. The number of amides is 2. The molecule has 1 aliphatic carbocycles. The van der Waals surface area contributed by atoms with Crippen molar-refractivity contribution in [2.75, 3.05) is 13.7 Å². The molecule has 3 aromatic rings. The first-order valence-corrected chi connectivity index (χ1v) is 13.3. The number of nitrogens with zero attached hydrogens (tertiary/aromatic N) is 4. The van der Waals surface area contributed by atoms with Crippen molar-refractivity contribution in [3.8, 4) is 5.75 Å². The number of methoxy groups -OCH3 is 1. The maximum Gasteiger partial charge on any atom is 0.248 e. The van der Waals surface area contributed by atoms with Gasteiger partial charge in [-0.25, -0.2) is 4.68 Å². The molecule has 2 amide bonds. The fourth-order valence-corrected chi connectivity index (χ4v) is 5.44. The minimum atomic E-state index is -0.779. The van der Waals surface area contributed by atoms with Gasteiger partial charge in [-0.15, -0.1) is 5.10 Å². The van der Waals surface area contributed by atoms with Crippen LogP contribution in [-0.2, 0) is 9.59 Å². The summed E-state index contributed by atoms with van der Waals surface area (Å²) in [6, 6.07) is 10.1. The molecule has 5 rings (SSSR count). The zero-order chi connectivity index (χ0) is 27.2. The first-order chi connectivity index (χ1) is 18.1. The van der Waals surface area contributed by atoms with Crippen molar-refractivity contribution >= 4 is 22.6 Å². The smallest absolute Gasteiger partial charge is 0.248 e. The summed E-state index contributed by atoms with van der Waals surface area (Å²) in [5, 5.41) is 24.2. The number of aliphatic hydroxyl groups excluding tert-OH is 1. The van der Waals surface area contributed by atoms with Crippen molar-refractivity contribution in [1.82, 2.24) is 25.2 Å². The largest absolute Gasteiger partial charge is 0.496 e. The van der Waals surface area contributed by atoms with E-state index in [1.54, 1.807) is 11.8 Å². The van der Waals surface area contributed by atoms with Crippen LogP contribution >= 0.6 is 0 Å². The van der Waals surface area contributed by atoms with Crippen molar-refractivity contribution in [1.29, 1.82) is 0 Å². The number of aromatic nitrogens is 3. The van der Waals surface area contributed by atoms with Crippen LogP contribution in [0.1, 0.15) is 76.2 Å². The van der Waals surface area contributed by atoms with Crippen molar-refractivity contribution in [3.05, 3.63) is 53.9 Å². The van der Waals surface area contributed by atoms with E-state index in [-0.39, 0.29) is 30.8 Å². The van der Waals surface area contributed by atoms with Crippen molar-refractivity contribution in [2.24, 2.45) is 5.41 Å². The predicted octanol–water partition coefficient (Wildman–Crippen LogP) is 3.74. The molecule has 1 aliphatic heterocycles. The number of ether oxygens (including phenoxy) is 1. The molecule has 2 N–H and O–H groups in total. The molecule has 2 fully saturated rings. The van der Waals surface area contributed by atoms with E-state index < -0.39 is 23.6 Å². The Kier molecular flexibility index (Phi) is 6.90. The molecular formula is C29H37N5O4. The number of aliphatic hydroxyl groups is 1. The van der Waals surface area contributed by atoms with Gasteiger partial charge < -0.3 is 20.1 Å². The van der Waals surface area contributed by atoms with Crippen LogP contribution in [0.15, 0.2) is 42.6 Å². The Morgan fingerprint density at radius 3 is 2.61 bits per heavy atom. The minimum Gasteiger partial charge on any atom is -0.496 e. The van der Waals surface area contributed by atoms with Crippen LogP contribution in [0.4, 0.5) is 0 Å². The summed E-state index contributed by atoms with van der Waals surface area (Å²) in [7, 11) is 1.63. The molecule has 1 saturated carbocycles. The molecule has 3 unspecified atom stereocenters. The molecule has 1 saturated heterocycles. The van der Waals surface area contributed by atoms with Crippen LogP contribution in [0, 0.1) is 5.41 Å². The Morgan fingerprint density at radius 1 is 1.18 bits per heavy atom. The SMILES string of the molecule is COc1cc(C(C)NC(=O)C2CC(O)CN2C(=O)[C@@H](n2cc(C3CC3)nn2)C(C)(C)C)cc2ccccc12. The summed E-state index contributed by atoms with van der Waals surface area (Å²) >= 11 is 0.